The minimum Gasteiger partial charge on any atom is -0.462 e. The van der Waals surface area contributed by atoms with Crippen LogP contribution in [0.2, 0.25) is 0 Å². The van der Waals surface area contributed by atoms with Gasteiger partial charge in [0.1, 0.15) is 0 Å². The van der Waals surface area contributed by atoms with Crippen molar-refractivity contribution in [2.75, 3.05) is 0 Å². The molecule has 1 aromatic rings. The molecule has 14 heavy (non-hydrogen) atoms. The molecule has 0 fully saturated rings. The lowest BCUT2D eigenvalue weighted by Crippen LogP contribution is -2.15. The zero-order valence-corrected chi connectivity index (χ0v) is 10.5. The van der Waals surface area contributed by atoms with Crippen molar-refractivity contribution in [2.45, 2.75) is 32.8 Å². The van der Waals surface area contributed by atoms with E-state index in [9.17, 15) is 4.79 Å². The maximum absolute atomic E-state index is 11.3. The maximum Gasteiger partial charge on any atom is 0.312 e. The molecule has 0 aliphatic carbocycles. The molecule has 0 N–H and O–H groups in total. The summed E-state index contributed by atoms with van der Waals surface area (Å²) < 4.78 is 5.92. The predicted molar refractivity (Wildman–Crippen MR) is 59.4 cm³/mol. The molecule has 0 aliphatic heterocycles. The van der Waals surface area contributed by atoms with Crippen molar-refractivity contribution >= 4 is 33.2 Å². The molecule has 5 heteroatoms. The Bertz CT molecular complexity index is 314. The molecule has 0 radical (unpaired) electrons. The van der Waals surface area contributed by atoms with Crippen molar-refractivity contribution in [3.63, 3.8) is 0 Å². The number of thiazole rings is 1. The average Bonchev–Trinajstić information content (AvgIpc) is 2.50. The highest BCUT2D eigenvalue weighted by Crippen LogP contribution is 2.16. The van der Waals surface area contributed by atoms with Gasteiger partial charge in [0, 0.05) is 5.38 Å². The molecule has 1 aromatic heterocycles. The second kappa shape index (κ2) is 5.46. The number of nitrogens with zero attached hydrogens (tertiary/aromatic N) is 1. The van der Waals surface area contributed by atoms with E-state index in [1.807, 2.05) is 19.2 Å². The number of esters is 1. The highest BCUT2D eigenvalue weighted by molar-refractivity contribution is 9.11. The summed E-state index contributed by atoms with van der Waals surface area (Å²) in [6, 6.07) is 0. The summed E-state index contributed by atoms with van der Waals surface area (Å²) in [7, 11) is 0. The number of hydrogen-bond donors (Lipinski definition) is 0. The van der Waals surface area contributed by atoms with Crippen LogP contribution in [0.5, 0.6) is 0 Å². The number of rotatable bonds is 4. The lowest BCUT2D eigenvalue weighted by Gasteiger charge is -2.09. The molecule has 0 aromatic carbocycles. The molecule has 0 spiro atoms. The Kier molecular flexibility index (Phi) is 4.54. The Morgan fingerprint density at radius 2 is 2.50 bits per heavy atom. The summed E-state index contributed by atoms with van der Waals surface area (Å²) in [5, 5.41) is 1.85. The summed E-state index contributed by atoms with van der Waals surface area (Å²) in [4.78, 5) is 15.4. The van der Waals surface area contributed by atoms with E-state index in [1.54, 1.807) is 0 Å². The topological polar surface area (TPSA) is 39.2 Å². The third-order valence-corrected chi connectivity index (χ3v) is 3.17. The third kappa shape index (κ3) is 3.75. The van der Waals surface area contributed by atoms with E-state index in [0.717, 1.165) is 16.0 Å². The third-order valence-electron chi connectivity index (χ3n) is 1.76. The SMILES string of the molecule is CCC(C)OC(=O)Cc1csc(Br)n1. The first-order chi connectivity index (χ1) is 6.61. The average molecular weight is 278 g/mol. The molecule has 78 valence electrons. The molecule has 0 saturated heterocycles. The Labute approximate surface area is 95.6 Å². The normalized spacial score (nSPS) is 12.5. The van der Waals surface area contributed by atoms with Crippen molar-refractivity contribution in [3.8, 4) is 0 Å². The molecule has 0 aliphatic rings. The highest BCUT2D eigenvalue weighted by Gasteiger charge is 2.10. The molecule has 3 nitrogen and oxygen atoms in total. The lowest BCUT2D eigenvalue weighted by atomic mass is 10.3. The number of halogens is 1. The number of hydrogen-bond acceptors (Lipinski definition) is 4. The Morgan fingerprint density at radius 3 is 3.00 bits per heavy atom. The van der Waals surface area contributed by atoms with Crippen LogP contribution in [-0.4, -0.2) is 17.1 Å². The zero-order valence-electron chi connectivity index (χ0n) is 8.12. The summed E-state index contributed by atoms with van der Waals surface area (Å²) in [5.41, 5.74) is 0.759. The number of carbonyl (C=O) groups is 1. The van der Waals surface area contributed by atoms with E-state index < -0.39 is 0 Å². The minimum atomic E-state index is -0.211. The van der Waals surface area contributed by atoms with Crippen molar-refractivity contribution in [3.05, 3.63) is 15.0 Å². The maximum atomic E-state index is 11.3. The number of carbonyl (C=O) groups excluding carboxylic acids is 1. The summed E-state index contributed by atoms with van der Waals surface area (Å²) in [6.07, 6.45) is 1.09. The molecular weight excluding hydrogens is 266 g/mol. The number of aromatic nitrogens is 1. The van der Waals surface area contributed by atoms with Gasteiger partial charge in [-0.3, -0.25) is 4.79 Å². The van der Waals surface area contributed by atoms with Gasteiger partial charge >= 0.3 is 5.97 Å². The lowest BCUT2D eigenvalue weighted by molar-refractivity contribution is -0.147. The van der Waals surface area contributed by atoms with Crippen molar-refractivity contribution in [1.82, 2.24) is 4.98 Å². The molecule has 1 heterocycles. The molecule has 0 saturated carbocycles. The largest absolute Gasteiger partial charge is 0.462 e. The van der Waals surface area contributed by atoms with Crippen LogP contribution in [0.15, 0.2) is 9.30 Å². The van der Waals surface area contributed by atoms with E-state index in [2.05, 4.69) is 20.9 Å². The van der Waals surface area contributed by atoms with E-state index in [0.29, 0.717) is 0 Å². The van der Waals surface area contributed by atoms with Crippen LogP contribution in [-0.2, 0) is 16.0 Å². The second-order valence-corrected chi connectivity index (χ2v) is 5.11. The smallest absolute Gasteiger partial charge is 0.312 e. The Morgan fingerprint density at radius 1 is 1.79 bits per heavy atom. The number of ether oxygens (including phenoxy) is 1. The second-order valence-electron chi connectivity index (χ2n) is 2.98. The van der Waals surface area contributed by atoms with Gasteiger partial charge < -0.3 is 4.74 Å². The Hall–Kier alpha value is -0.420. The van der Waals surface area contributed by atoms with E-state index in [-0.39, 0.29) is 18.5 Å². The van der Waals surface area contributed by atoms with Crippen LogP contribution in [0.4, 0.5) is 0 Å². The highest BCUT2D eigenvalue weighted by atomic mass is 79.9. The van der Waals surface area contributed by atoms with Gasteiger partial charge in [0.15, 0.2) is 3.92 Å². The zero-order chi connectivity index (χ0) is 10.6. The summed E-state index contributed by atoms with van der Waals surface area (Å²) in [6.45, 7) is 3.87. The summed E-state index contributed by atoms with van der Waals surface area (Å²) >= 11 is 4.71. The molecule has 1 atom stereocenters. The van der Waals surface area contributed by atoms with Gasteiger partial charge in [-0.05, 0) is 29.3 Å². The fourth-order valence-electron chi connectivity index (χ4n) is 0.861. The van der Waals surface area contributed by atoms with Crippen LogP contribution in [0.3, 0.4) is 0 Å². The Balaban J connectivity index is 2.41. The van der Waals surface area contributed by atoms with Crippen LogP contribution in [0.1, 0.15) is 26.0 Å². The minimum absolute atomic E-state index is 0.00965. The van der Waals surface area contributed by atoms with Crippen LogP contribution < -0.4 is 0 Å². The van der Waals surface area contributed by atoms with E-state index in [1.165, 1.54) is 11.3 Å². The van der Waals surface area contributed by atoms with Gasteiger partial charge in [-0.2, -0.15) is 0 Å². The molecule has 1 rings (SSSR count). The van der Waals surface area contributed by atoms with Crippen molar-refractivity contribution in [1.29, 1.82) is 0 Å². The molecule has 0 bridgehead atoms. The quantitative estimate of drug-likeness (QED) is 0.795. The first-order valence-electron chi connectivity index (χ1n) is 4.41. The molecular formula is C9H12BrNO2S. The fourth-order valence-corrected chi connectivity index (χ4v) is 1.91. The van der Waals surface area contributed by atoms with Gasteiger partial charge in [0.05, 0.1) is 18.2 Å². The summed E-state index contributed by atoms with van der Waals surface area (Å²) in [5.74, 6) is -0.211. The van der Waals surface area contributed by atoms with Crippen molar-refractivity contribution < 1.29 is 9.53 Å². The predicted octanol–water partition coefficient (Wildman–Crippen LogP) is 2.79. The monoisotopic (exact) mass is 277 g/mol. The van der Waals surface area contributed by atoms with Crippen LogP contribution in [0.25, 0.3) is 0 Å². The van der Waals surface area contributed by atoms with Gasteiger partial charge in [-0.15, -0.1) is 11.3 Å². The van der Waals surface area contributed by atoms with E-state index >= 15 is 0 Å². The van der Waals surface area contributed by atoms with E-state index in [4.69, 9.17) is 4.74 Å². The fraction of sp³-hybridized carbons (Fsp3) is 0.556. The first-order valence-corrected chi connectivity index (χ1v) is 6.08. The van der Waals surface area contributed by atoms with Crippen LogP contribution in [0, 0.1) is 0 Å². The standard InChI is InChI=1S/C9H12BrNO2S/c1-3-6(2)13-8(12)4-7-5-14-9(10)11-7/h5-6H,3-4H2,1-2H3. The first kappa shape index (κ1) is 11.7. The molecule has 0 amide bonds. The van der Waals surface area contributed by atoms with Crippen LogP contribution >= 0.6 is 27.3 Å². The van der Waals surface area contributed by atoms with Crippen molar-refractivity contribution in [2.24, 2.45) is 0 Å². The van der Waals surface area contributed by atoms with Gasteiger partial charge in [0.2, 0.25) is 0 Å². The van der Waals surface area contributed by atoms with Gasteiger partial charge in [-0.25, -0.2) is 4.98 Å². The van der Waals surface area contributed by atoms with Gasteiger partial charge in [-0.1, -0.05) is 6.92 Å². The molecule has 1 unspecified atom stereocenters. The van der Waals surface area contributed by atoms with Gasteiger partial charge in [0.25, 0.3) is 0 Å².